The lowest BCUT2D eigenvalue weighted by atomic mass is 10.3. The third-order valence-electron chi connectivity index (χ3n) is 2.96. The Hall–Kier alpha value is -0.390. The monoisotopic (exact) mass is 362 g/mol. The van der Waals surface area contributed by atoms with Crippen LogP contribution in [0, 0.1) is 0 Å². The maximum atomic E-state index is 11.5. The number of nitrogens with zero attached hydrogens (tertiary/aromatic N) is 2. The molecule has 0 spiro atoms. The van der Waals surface area contributed by atoms with Crippen molar-refractivity contribution in [2.24, 2.45) is 0 Å². The second-order valence-corrected chi connectivity index (χ2v) is 7.33. The number of aryl methyl sites for hydroxylation is 1. The molecule has 0 bridgehead atoms. The number of benzene rings is 1. The lowest BCUT2D eigenvalue weighted by Crippen LogP contribution is -2.15. The van der Waals surface area contributed by atoms with Crippen LogP contribution in [0.15, 0.2) is 22.7 Å². The predicted molar refractivity (Wildman–Crippen MR) is 85.5 cm³/mol. The van der Waals surface area contributed by atoms with Gasteiger partial charge in [0.25, 0.3) is 0 Å². The topological polar surface area (TPSA) is 34.9 Å². The van der Waals surface area contributed by atoms with Crippen LogP contribution in [-0.2, 0) is 17.2 Å². The Bertz CT molecular complexity index is 614. The van der Waals surface area contributed by atoms with Gasteiger partial charge in [-0.3, -0.25) is 4.21 Å². The molecule has 0 aliphatic rings. The van der Waals surface area contributed by atoms with Crippen molar-refractivity contribution in [2.75, 3.05) is 17.9 Å². The molecule has 1 aromatic heterocycles. The lowest BCUT2D eigenvalue weighted by Gasteiger charge is -2.16. The summed E-state index contributed by atoms with van der Waals surface area (Å²) in [6.45, 7) is 2.07. The molecule has 0 saturated carbocycles. The van der Waals surface area contributed by atoms with Gasteiger partial charge in [0.15, 0.2) is 0 Å². The largest absolute Gasteiger partial charge is 0.324 e. The number of hydrogen-bond donors (Lipinski definition) is 0. The molecule has 0 radical (unpaired) electrons. The van der Waals surface area contributed by atoms with Crippen molar-refractivity contribution < 1.29 is 4.21 Å². The fourth-order valence-corrected chi connectivity index (χ4v) is 3.64. The molecule has 0 saturated heterocycles. The number of aromatic nitrogens is 2. The number of imidazole rings is 1. The summed E-state index contributed by atoms with van der Waals surface area (Å²) in [4.78, 5) is 4.64. The molecule has 0 fully saturated rings. The highest BCUT2D eigenvalue weighted by Gasteiger charge is 2.16. The highest BCUT2D eigenvalue weighted by atomic mass is 79.9. The average molecular weight is 364 g/mol. The van der Waals surface area contributed by atoms with Crippen LogP contribution in [-0.4, -0.2) is 31.6 Å². The van der Waals surface area contributed by atoms with Crippen LogP contribution in [0.3, 0.4) is 0 Å². The van der Waals surface area contributed by atoms with Gasteiger partial charge in [0.05, 0.1) is 11.0 Å². The van der Waals surface area contributed by atoms with Crippen LogP contribution >= 0.6 is 27.5 Å². The Kier molecular flexibility index (Phi) is 5.03. The molecule has 1 aromatic carbocycles. The van der Waals surface area contributed by atoms with E-state index in [-0.39, 0.29) is 6.04 Å². The van der Waals surface area contributed by atoms with Crippen molar-refractivity contribution in [3.05, 3.63) is 28.5 Å². The molecule has 2 rings (SSSR count). The van der Waals surface area contributed by atoms with E-state index in [1.807, 2.05) is 18.2 Å². The molecule has 2 unspecified atom stereocenters. The van der Waals surface area contributed by atoms with E-state index in [0.29, 0.717) is 18.1 Å². The van der Waals surface area contributed by atoms with E-state index in [1.54, 1.807) is 6.26 Å². The molecule has 0 aliphatic carbocycles. The minimum atomic E-state index is -0.831. The molecule has 2 aromatic rings. The fraction of sp³-hybridized carbons (Fsp3) is 0.462. The van der Waals surface area contributed by atoms with Crippen LogP contribution < -0.4 is 0 Å². The van der Waals surface area contributed by atoms with E-state index in [1.165, 1.54) is 0 Å². The molecule has 0 N–H and O–H groups in total. The summed E-state index contributed by atoms with van der Waals surface area (Å²) in [5, 5.41) is 0. The minimum absolute atomic E-state index is 0.148. The second kappa shape index (κ2) is 6.37. The van der Waals surface area contributed by atoms with Gasteiger partial charge in [-0.1, -0.05) is 15.9 Å². The van der Waals surface area contributed by atoms with Crippen LogP contribution in [0.5, 0.6) is 0 Å². The van der Waals surface area contributed by atoms with E-state index in [0.717, 1.165) is 21.3 Å². The predicted octanol–water partition coefficient (Wildman–Crippen LogP) is 3.52. The van der Waals surface area contributed by atoms with Crippen molar-refractivity contribution in [2.45, 2.75) is 19.4 Å². The van der Waals surface area contributed by atoms with Gasteiger partial charge in [-0.2, -0.15) is 0 Å². The Morgan fingerprint density at radius 1 is 1.53 bits per heavy atom. The zero-order valence-corrected chi connectivity index (χ0v) is 14.1. The highest BCUT2D eigenvalue weighted by Crippen LogP contribution is 2.25. The Balaban J connectivity index is 2.54. The first-order valence-corrected chi connectivity index (χ1v) is 9.10. The molecule has 2 atom stereocenters. The Morgan fingerprint density at radius 2 is 2.26 bits per heavy atom. The van der Waals surface area contributed by atoms with Gasteiger partial charge in [0, 0.05) is 45.6 Å². The normalized spacial score (nSPS) is 14.7. The van der Waals surface area contributed by atoms with Gasteiger partial charge in [-0.15, -0.1) is 11.6 Å². The lowest BCUT2D eigenvalue weighted by molar-refractivity contribution is 0.587. The third-order valence-corrected chi connectivity index (χ3v) is 4.59. The molecule has 6 heteroatoms. The first-order chi connectivity index (χ1) is 9.02. The molecular weight excluding hydrogens is 348 g/mol. The second-order valence-electron chi connectivity index (χ2n) is 4.56. The summed E-state index contributed by atoms with van der Waals surface area (Å²) >= 11 is 9.31. The molecule has 1 heterocycles. The van der Waals surface area contributed by atoms with Crippen LogP contribution in [0.1, 0.15) is 18.8 Å². The maximum Gasteiger partial charge on any atom is 0.111 e. The average Bonchev–Trinajstić information content (AvgIpc) is 2.65. The summed E-state index contributed by atoms with van der Waals surface area (Å²) in [5.41, 5.74) is 2.02. The third kappa shape index (κ3) is 3.38. The van der Waals surface area contributed by atoms with E-state index < -0.39 is 10.8 Å². The van der Waals surface area contributed by atoms with E-state index in [2.05, 4.69) is 32.4 Å². The molecule has 104 valence electrons. The standard InChI is InChI=1S/C13H16BrClN2OS/c1-9(8-19(2)18)17-12-4-3-10(14)7-11(12)16-13(17)5-6-15/h3-4,7,9H,5-6,8H2,1-2H3. The van der Waals surface area contributed by atoms with E-state index in [4.69, 9.17) is 11.6 Å². The van der Waals surface area contributed by atoms with Crippen molar-refractivity contribution >= 4 is 49.4 Å². The van der Waals surface area contributed by atoms with Gasteiger partial charge in [-0.05, 0) is 25.1 Å². The zero-order valence-electron chi connectivity index (χ0n) is 10.9. The highest BCUT2D eigenvalue weighted by molar-refractivity contribution is 9.10. The van der Waals surface area contributed by atoms with Gasteiger partial charge in [-0.25, -0.2) is 4.98 Å². The molecular formula is C13H16BrClN2OS. The summed E-state index contributed by atoms with van der Waals surface area (Å²) in [6, 6.07) is 6.19. The molecule has 0 amide bonds. The number of rotatable bonds is 5. The summed E-state index contributed by atoms with van der Waals surface area (Å²) in [7, 11) is -0.831. The summed E-state index contributed by atoms with van der Waals surface area (Å²) in [5.74, 6) is 2.12. The number of hydrogen-bond acceptors (Lipinski definition) is 2. The van der Waals surface area contributed by atoms with Crippen molar-refractivity contribution in [3.63, 3.8) is 0 Å². The van der Waals surface area contributed by atoms with Gasteiger partial charge >= 0.3 is 0 Å². The van der Waals surface area contributed by atoms with Gasteiger partial charge < -0.3 is 4.57 Å². The van der Waals surface area contributed by atoms with Gasteiger partial charge in [0.2, 0.25) is 0 Å². The van der Waals surface area contributed by atoms with Crippen LogP contribution in [0.4, 0.5) is 0 Å². The first-order valence-electron chi connectivity index (χ1n) is 6.05. The summed E-state index contributed by atoms with van der Waals surface area (Å²) < 4.78 is 14.6. The quantitative estimate of drug-likeness (QED) is 0.762. The van der Waals surface area contributed by atoms with Crippen LogP contribution in [0.25, 0.3) is 11.0 Å². The van der Waals surface area contributed by atoms with E-state index in [9.17, 15) is 4.21 Å². The first kappa shape index (κ1) is 15.0. The van der Waals surface area contributed by atoms with Crippen LogP contribution in [0.2, 0.25) is 0 Å². The number of fused-ring (bicyclic) bond motifs is 1. The van der Waals surface area contributed by atoms with Crippen molar-refractivity contribution in [1.29, 1.82) is 0 Å². The fourth-order valence-electron chi connectivity index (χ4n) is 2.29. The smallest absolute Gasteiger partial charge is 0.111 e. The molecule has 19 heavy (non-hydrogen) atoms. The number of alkyl halides is 1. The Labute approximate surface area is 128 Å². The number of halogens is 2. The zero-order chi connectivity index (χ0) is 14.0. The summed E-state index contributed by atoms with van der Waals surface area (Å²) in [6.07, 6.45) is 2.45. The van der Waals surface area contributed by atoms with Gasteiger partial charge in [0.1, 0.15) is 5.82 Å². The minimum Gasteiger partial charge on any atom is -0.324 e. The van der Waals surface area contributed by atoms with Crippen molar-refractivity contribution in [3.8, 4) is 0 Å². The van der Waals surface area contributed by atoms with E-state index >= 15 is 0 Å². The molecule has 3 nitrogen and oxygen atoms in total. The Morgan fingerprint density at radius 3 is 2.89 bits per heavy atom. The van der Waals surface area contributed by atoms with Crippen molar-refractivity contribution in [1.82, 2.24) is 9.55 Å². The maximum absolute atomic E-state index is 11.5. The molecule has 0 aliphatic heterocycles. The SMILES string of the molecule is CC(CS(C)=O)n1c(CCCl)nc2cc(Br)ccc21.